The molecule has 26 heavy (non-hydrogen) atoms. The van der Waals surface area contributed by atoms with Crippen molar-refractivity contribution < 1.29 is 19.1 Å². The number of hydrogen-bond donors (Lipinski definition) is 3. The highest BCUT2D eigenvalue weighted by molar-refractivity contribution is 7.98. The number of carbonyl (C=O) groups excluding carboxylic acids is 3. The first-order valence-electron chi connectivity index (χ1n) is 8.22. The number of primary amides is 1. The Kier molecular flexibility index (Phi) is 6.68. The molecule has 0 spiro atoms. The Morgan fingerprint density at radius 2 is 2.00 bits per heavy atom. The van der Waals surface area contributed by atoms with Gasteiger partial charge < -0.3 is 20.8 Å². The van der Waals surface area contributed by atoms with Crippen LogP contribution in [0.5, 0.6) is 0 Å². The number of carbonyl (C=O) groups is 3. The minimum absolute atomic E-state index is 0.295. The number of fused-ring (bicyclic) bond motifs is 1. The number of aromatic nitrogens is 1. The van der Waals surface area contributed by atoms with Crippen molar-refractivity contribution in [2.75, 3.05) is 12.0 Å². The van der Waals surface area contributed by atoms with Crippen LogP contribution in [0.3, 0.4) is 0 Å². The number of rotatable bonds is 8. The van der Waals surface area contributed by atoms with Gasteiger partial charge in [0.25, 0.3) is 0 Å². The zero-order valence-corrected chi connectivity index (χ0v) is 15.8. The summed E-state index contributed by atoms with van der Waals surface area (Å²) in [5.41, 5.74) is 7.18. The van der Waals surface area contributed by atoms with Crippen molar-refractivity contribution in [1.29, 1.82) is 0 Å². The Balaban J connectivity index is 2.15. The lowest BCUT2D eigenvalue weighted by Gasteiger charge is -2.19. The summed E-state index contributed by atoms with van der Waals surface area (Å²) in [4.78, 5) is 39.4. The first-order chi connectivity index (χ1) is 12.3. The van der Waals surface area contributed by atoms with E-state index in [4.69, 9.17) is 10.5 Å². The van der Waals surface area contributed by atoms with Crippen LogP contribution in [-0.2, 0) is 9.53 Å². The maximum absolute atomic E-state index is 12.8. The largest absolute Gasteiger partial charge is 0.453 e. The molecule has 0 saturated heterocycles. The molecule has 2 aromatic rings. The SMILES string of the molecule is CSCC[C@@H](NC(N)=O)C(=O)O[C@@H](C)C(=O)c1c(C)[nH]c2ccccc12. The van der Waals surface area contributed by atoms with E-state index in [9.17, 15) is 14.4 Å². The summed E-state index contributed by atoms with van der Waals surface area (Å²) in [6.07, 6.45) is 1.28. The number of aryl methyl sites for hydroxylation is 1. The molecule has 1 aromatic carbocycles. The Hall–Kier alpha value is -2.48. The molecule has 0 radical (unpaired) electrons. The molecule has 2 rings (SSSR count). The van der Waals surface area contributed by atoms with Crippen molar-refractivity contribution in [3.05, 3.63) is 35.5 Å². The number of nitrogens with one attached hydrogen (secondary N) is 2. The van der Waals surface area contributed by atoms with Crippen LogP contribution < -0.4 is 11.1 Å². The lowest BCUT2D eigenvalue weighted by atomic mass is 10.0. The number of nitrogens with two attached hydrogens (primary N) is 1. The fraction of sp³-hybridized carbons (Fsp3) is 0.389. The molecule has 4 N–H and O–H groups in total. The molecule has 0 aliphatic carbocycles. The number of urea groups is 1. The zero-order valence-electron chi connectivity index (χ0n) is 15.0. The van der Waals surface area contributed by atoms with E-state index in [1.54, 1.807) is 6.92 Å². The van der Waals surface area contributed by atoms with E-state index in [1.165, 1.54) is 18.7 Å². The van der Waals surface area contributed by atoms with Gasteiger partial charge in [0.05, 0.1) is 0 Å². The lowest BCUT2D eigenvalue weighted by Crippen LogP contribution is -2.46. The highest BCUT2D eigenvalue weighted by Crippen LogP contribution is 2.24. The summed E-state index contributed by atoms with van der Waals surface area (Å²) in [5, 5.41) is 3.15. The summed E-state index contributed by atoms with van der Waals surface area (Å²) in [7, 11) is 0. The zero-order chi connectivity index (χ0) is 19.3. The number of aromatic amines is 1. The van der Waals surface area contributed by atoms with Gasteiger partial charge in [-0.3, -0.25) is 4.79 Å². The molecular weight excluding hydrogens is 354 g/mol. The number of hydrogen-bond acceptors (Lipinski definition) is 5. The maximum atomic E-state index is 12.8. The molecule has 0 bridgehead atoms. The van der Waals surface area contributed by atoms with Crippen molar-refractivity contribution in [1.82, 2.24) is 10.3 Å². The molecule has 2 amide bonds. The molecule has 0 aliphatic rings. The van der Waals surface area contributed by atoms with E-state index in [1.807, 2.05) is 30.5 Å². The average Bonchev–Trinajstić information content (AvgIpc) is 2.93. The quantitative estimate of drug-likeness (QED) is 0.483. The number of thioether (sulfide) groups is 1. The van der Waals surface area contributed by atoms with Crippen LogP contribution in [0.4, 0.5) is 4.79 Å². The summed E-state index contributed by atoms with van der Waals surface area (Å²) < 4.78 is 5.32. The molecule has 0 aliphatic heterocycles. The molecule has 2 atom stereocenters. The molecule has 1 heterocycles. The molecule has 0 unspecified atom stereocenters. The van der Waals surface area contributed by atoms with Crippen LogP contribution >= 0.6 is 11.8 Å². The molecule has 0 fully saturated rings. The number of esters is 1. The monoisotopic (exact) mass is 377 g/mol. The highest BCUT2D eigenvalue weighted by Gasteiger charge is 2.28. The molecule has 140 valence electrons. The van der Waals surface area contributed by atoms with E-state index < -0.39 is 24.1 Å². The molecule has 1 aromatic heterocycles. The Morgan fingerprint density at radius 1 is 1.31 bits per heavy atom. The summed E-state index contributed by atoms with van der Waals surface area (Å²) in [5.74, 6) is -0.323. The van der Waals surface area contributed by atoms with Crippen molar-refractivity contribution in [3.8, 4) is 0 Å². The Morgan fingerprint density at radius 3 is 2.65 bits per heavy atom. The fourth-order valence-corrected chi connectivity index (χ4v) is 3.24. The third-order valence-corrected chi connectivity index (χ3v) is 4.66. The molecule has 0 saturated carbocycles. The fourth-order valence-electron chi connectivity index (χ4n) is 2.76. The van der Waals surface area contributed by atoms with Crippen LogP contribution in [0.15, 0.2) is 24.3 Å². The van der Waals surface area contributed by atoms with E-state index in [0.717, 1.165) is 10.9 Å². The number of benzene rings is 1. The van der Waals surface area contributed by atoms with Gasteiger partial charge in [0.2, 0.25) is 5.78 Å². The van der Waals surface area contributed by atoms with Crippen LogP contribution in [0, 0.1) is 6.92 Å². The summed E-state index contributed by atoms with van der Waals surface area (Å²) in [6, 6.07) is 5.76. The topological polar surface area (TPSA) is 114 Å². The average molecular weight is 377 g/mol. The van der Waals surface area contributed by atoms with Gasteiger partial charge in [-0.15, -0.1) is 0 Å². The normalized spacial score (nSPS) is 13.2. The van der Waals surface area contributed by atoms with Crippen LogP contribution in [0.1, 0.15) is 29.4 Å². The van der Waals surface area contributed by atoms with Gasteiger partial charge in [-0.05, 0) is 38.3 Å². The first-order valence-corrected chi connectivity index (χ1v) is 9.61. The standard InChI is InChI=1S/C18H23N3O4S/c1-10-15(12-6-4-5-7-13(12)20-10)16(22)11(2)25-17(23)14(8-9-26-3)21-18(19)24/h4-7,11,14,20H,8-9H2,1-3H3,(H3,19,21,24)/t11-,14+/m0/s1. The number of Topliss-reactive ketones (excluding diaryl/α,β-unsaturated/α-hetero) is 1. The Labute approximate surface area is 156 Å². The number of para-hydroxylation sites is 1. The second-order valence-electron chi connectivity index (χ2n) is 5.96. The number of amides is 2. The first kappa shape index (κ1) is 19.8. The van der Waals surface area contributed by atoms with Crippen LogP contribution in [0.2, 0.25) is 0 Å². The third kappa shape index (κ3) is 4.57. The minimum Gasteiger partial charge on any atom is -0.453 e. The van der Waals surface area contributed by atoms with Crippen molar-refractivity contribution in [3.63, 3.8) is 0 Å². The predicted molar refractivity (Wildman–Crippen MR) is 102 cm³/mol. The van der Waals surface area contributed by atoms with Crippen LogP contribution in [-0.4, -0.2) is 46.9 Å². The molecule has 7 nitrogen and oxygen atoms in total. The van der Waals surface area contributed by atoms with Gasteiger partial charge in [-0.2, -0.15) is 11.8 Å². The molecule has 8 heteroatoms. The van der Waals surface area contributed by atoms with E-state index in [2.05, 4.69) is 10.3 Å². The van der Waals surface area contributed by atoms with E-state index in [0.29, 0.717) is 23.4 Å². The van der Waals surface area contributed by atoms with Gasteiger partial charge in [-0.25, -0.2) is 9.59 Å². The maximum Gasteiger partial charge on any atom is 0.329 e. The van der Waals surface area contributed by atoms with Gasteiger partial charge in [0.1, 0.15) is 6.04 Å². The van der Waals surface area contributed by atoms with Crippen molar-refractivity contribution >= 4 is 40.4 Å². The third-order valence-electron chi connectivity index (χ3n) is 4.01. The second kappa shape index (κ2) is 8.75. The van der Waals surface area contributed by atoms with Crippen LogP contribution in [0.25, 0.3) is 10.9 Å². The predicted octanol–water partition coefficient (Wildman–Crippen LogP) is 2.38. The summed E-state index contributed by atoms with van der Waals surface area (Å²) >= 11 is 1.53. The van der Waals surface area contributed by atoms with E-state index >= 15 is 0 Å². The highest BCUT2D eigenvalue weighted by atomic mass is 32.2. The van der Waals surface area contributed by atoms with Gasteiger partial charge in [0, 0.05) is 22.2 Å². The van der Waals surface area contributed by atoms with E-state index in [-0.39, 0.29) is 5.78 Å². The minimum atomic E-state index is -0.980. The van der Waals surface area contributed by atoms with Gasteiger partial charge >= 0.3 is 12.0 Å². The van der Waals surface area contributed by atoms with Gasteiger partial charge in [0.15, 0.2) is 6.10 Å². The van der Waals surface area contributed by atoms with Crippen molar-refractivity contribution in [2.24, 2.45) is 5.73 Å². The number of H-pyrrole nitrogens is 1. The van der Waals surface area contributed by atoms with Crippen molar-refractivity contribution in [2.45, 2.75) is 32.4 Å². The van der Waals surface area contributed by atoms with Gasteiger partial charge in [-0.1, -0.05) is 18.2 Å². The smallest absolute Gasteiger partial charge is 0.329 e. The lowest BCUT2D eigenvalue weighted by molar-refractivity contribution is -0.148. The second-order valence-corrected chi connectivity index (χ2v) is 6.94. The summed E-state index contributed by atoms with van der Waals surface area (Å²) in [6.45, 7) is 3.33. The number of ether oxygens (including phenoxy) is 1. The Bertz CT molecular complexity index is 818. The number of ketones is 1. The molecular formula is C18H23N3O4S.